The molecule has 1 aliphatic rings. The van der Waals surface area contributed by atoms with E-state index in [4.69, 9.17) is 4.74 Å². The van der Waals surface area contributed by atoms with Gasteiger partial charge in [0.2, 0.25) is 5.91 Å². The number of hydrogen-bond donors (Lipinski definition) is 1. The van der Waals surface area contributed by atoms with E-state index in [2.05, 4.69) is 0 Å². The van der Waals surface area contributed by atoms with Crippen LogP contribution in [-0.4, -0.2) is 41.1 Å². The Bertz CT molecular complexity index is 544. The Balaban J connectivity index is 2.48. The number of halogens is 2. The van der Waals surface area contributed by atoms with Crippen molar-refractivity contribution in [1.29, 1.82) is 0 Å². The lowest BCUT2D eigenvalue weighted by Crippen LogP contribution is -2.52. The van der Waals surface area contributed by atoms with Crippen LogP contribution in [0.25, 0.3) is 0 Å². The number of carbonyl (C=O) groups excluding carboxylic acids is 1. The number of nitrogens with zero attached hydrogens (tertiary/aromatic N) is 1. The lowest BCUT2D eigenvalue weighted by molar-refractivity contribution is -0.173. The Morgan fingerprint density at radius 2 is 2.00 bits per heavy atom. The molecular formula is C14H15F2NO4. The second-order valence-electron chi connectivity index (χ2n) is 4.80. The molecule has 1 amide bonds. The molecule has 0 saturated carbocycles. The summed E-state index contributed by atoms with van der Waals surface area (Å²) in [6.07, 6.45) is -0.762. The van der Waals surface area contributed by atoms with Crippen LogP contribution in [0.4, 0.5) is 8.78 Å². The van der Waals surface area contributed by atoms with Gasteiger partial charge in [-0.3, -0.25) is 4.79 Å². The molecule has 1 aliphatic heterocycles. The van der Waals surface area contributed by atoms with Crippen LogP contribution < -0.4 is 0 Å². The lowest BCUT2D eigenvalue weighted by atomic mass is 9.97. The van der Waals surface area contributed by atoms with Crippen molar-refractivity contribution < 1.29 is 28.2 Å². The van der Waals surface area contributed by atoms with E-state index in [-0.39, 0.29) is 18.7 Å². The fourth-order valence-electron chi connectivity index (χ4n) is 2.47. The Kier molecular flexibility index (Phi) is 4.52. The van der Waals surface area contributed by atoms with E-state index in [1.807, 2.05) is 6.92 Å². The lowest BCUT2D eigenvalue weighted by Gasteiger charge is -2.39. The SMILES string of the molecule is CCCN1C(=O)COC(C(=O)O)C1c1cc(F)cc(F)c1. The van der Waals surface area contributed by atoms with Gasteiger partial charge < -0.3 is 14.7 Å². The number of hydrogen-bond acceptors (Lipinski definition) is 3. The van der Waals surface area contributed by atoms with E-state index in [1.54, 1.807) is 0 Å². The van der Waals surface area contributed by atoms with Gasteiger partial charge in [-0.1, -0.05) is 6.92 Å². The molecule has 0 aromatic heterocycles. The van der Waals surface area contributed by atoms with Gasteiger partial charge >= 0.3 is 5.97 Å². The highest BCUT2D eigenvalue weighted by molar-refractivity contribution is 5.83. The maximum Gasteiger partial charge on any atom is 0.335 e. The summed E-state index contributed by atoms with van der Waals surface area (Å²) in [6.45, 7) is 1.75. The minimum absolute atomic E-state index is 0.0707. The molecule has 1 saturated heterocycles. The molecule has 2 atom stereocenters. The van der Waals surface area contributed by atoms with E-state index in [9.17, 15) is 23.5 Å². The molecule has 1 aromatic rings. The van der Waals surface area contributed by atoms with Crippen molar-refractivity contribution in [2.45, 2.75) is 25.5 Å². The summed E-state index contributed by atoms with van der Waals surface area (Å²) in [5.74, 6) is -3.34. The van der Waals surface area contributed by atoms with Gasteiger partial charge in [-0.25, -0.2) is 13.6 Å². The zero-order chi connectivity index (χ0) is 15.6. The first kappa shape index (κ1) is 15.4. The summed E-state index contributed by atoms with van der Waals surface area (Å²) in [7, 11) is 0. The molecule has 1 N–H and O–H groups in total. The Morgan fingerprint density at radius 3 is 2.52 bits per heavy atom. The average molecular weight is 299 g/mol. The first-order chi connectivity index (χ1) is 9.93. The largest absolute Gasteiger partial charge is 0.479 e. The van der Waals surface area contributed by atoms with Gasteiger partial charge in [0.1, 0.15) is 18.2 Å². The highest BCUT2D eigenvalue weighted by Gasteiger charge is 2.41. The molecule has 21 heavy (non-hydrogen) atoms. The number of aliphatic carboxylic acids is 1. The van der Waals surface area contributed by atoms with Crippen LogP contribution >= 0.6 is 0 Å². The van der Waals surface area contributed by atoms with Crippen LogP contribution in [0, 0.1) is 11.6 Å². The maximum atomic E-state index is 13.4. The van der Waals surface area contributed by atoms with Gasteiger partial charge in [-0.2, -0.15) is 0 Å². The third kappa shape index (κ3) is 3.18. The highest BCUT2D eigenvalue weighted by Crippen LogP contribution is 2.31. The fraction of sp³-hybridized carbons (Fsp3) is 0.429. The molecule has 0 radical (unpaired) electrons. The zero-order valence-corrected chi connectivity index (χ0v) is 11.4. The standard InChI is InChI=1S/C14H15F2NO4/c1-2-3-17-11(18)7-21-13(14(19)20)12(17)8-4-9(15)6-10(16)5-8/h4-6,12-13H,2-3,7H2,1H3,(H,19,20). The molecule has 0 bridgehead atoms. The first-order valence-electron chi connectivity index (χ1n) is 6.54. The van der Waals surface area contributed by atoms with Crippen molar-refractivity contribution in [2.24, 2.45) is 0 Å². The summed E-state index contributed by atoms with van der Waals surface area (Å²) in [5, 5.41) is 9.23. The molecule has 1 aromatic carbocycles. The summed E-state index contributed by atoms with van der Waals surface area (Å²) in [5.41, 5.74) is 0.0707. The predicted molar refractivity (Wildman–Crippen MR) is 68.5 cm³/mol. The van der Waals surface area contributed by atoms with E-state index >= 15 is 0 Å². The summed E-state index contributed by atoms with van der Waals surface area (Å²) >= 11 is 0. The van der Waals surface area contributed by atoms with Crippen molar-refractivity contribution in [3.8, 4) is 0 Å². The second-order valence-corrected chi connectivity index (χ2v) is 4.80. The van der Waals surface area contributed by atoms with Crippen molar-refractivity contribution in [2.75, 3.05) is 13.2 Å². The number of carboxylic acid groups (broad SMARTS) is 1. The third-order valence-corrected chi connectivity index (χ3v) is 3.26. The minimum atomic E-state index is -1.35. The number of benzene rings is 1. The number of morpholine rings is 1. The monoisotopic (exact) mass is 299 g/mol. The quantitative estimate of drug-likeness (QED) is 0.919. The van der Waals surface area contributed by atoms with Crippen LogP contribution in [0.3, 0.4) is 0 Å². The number of ether oxygens (including phenoxy) is 1. The van der Waals surface area contributed by atoms with Crippen molar-refractivity contribution in [3.63, 3.8) is 0 Å². The molecule has 2 rings (SSSR count). The molecular weight excluding hydrogens is 284 g/mol. The molecule has 1 heterocycles. The number of carboxylic acids is 1. The maximum absolute atomic E-state index is 13.4. The predicted octanol–water partition coefficient (Wildman–Crippen LogP) is 1.73. The van der Waals surface area contributed by atoms with Crippen LogP contribution in [0.5, 0.6) is 0 Å². The van der Waals surface area contributed by atoms with E-state index in [0.29, 0.717) is 12.5 Å². The molecule has 0 spiro atoms. The van der Waals surface area contributed by atoms with Gasteiger partial charge in [0.05, 0.1) is 6.04 Å². The second kappa shape index (κ2) is 6.17. The van der Waals surface area contributed by atoms with Gasteiger partial charge in [0, 0.05) is 12.6 Å². The summed E-state index contributed by atoms with van der Waals surface area (Å²) in [4.78, 5) is 24.5. The van der Waals surface area contributed by atoms with Gasteiger partial charge in [-0.15, -0.1) is 0 Å². The number of carbonyl (C=O) groups is 2. The van der Waals surface area contributed by atoms with E-state index in [1.165, 1.54) is 4.90 Å². The van der Waals surface area contributed by atoms with Crippen molar-refractivity contribution in [3.05, 3.63) is 35.4 Å². The normalized spacial score (nSPS) is 22.4. The van der Waals surface area contributed by atoms with E-state index in [0.717, 1.165) is 12.1 Å². The van der Waals surface area contributed by atoms with Crippen LogP contribution in [0.15, 0.2) is 18.2 Å². The van der Waals surface area contributed by atoms with Gasteiger partial charge in [-0.05, 0) is 24.1 Å². The minimum Gasteiger partial charge on any atom is -0.479 e. The highest BCUT2D eigenvalue weighted by atomic mass is 19.1. The molecule has 114 valence electrons. The van der Waals surface area contributed by atoms with Crippen molar-refractivity contribution >= 4 is 11.9 Å². The number of rotatable bonds is 4. The third-order valence-electron chi connectivity index (χ3n) is 3.26. The van der Waals surface area contributed by atoms with Crippen LogP contribution in [0.2, 0.25) is 0 Å². The molecule has 7 heteroatoms. The number of amides is 1. The molecule has 1 fully saturated rings. The van der Waals surface area contributed by atoms with Crippen molar-refractivity contribution in [1.82, 2.24) is 4.90 Å². The Morgan fingerprint density at radius 1 is 1.38 bits per heavy atom. The molecule has 0 aliphatic carbocycles. The smallest absolute Gasteiger partial charge is 0.335 e. The van der Waals surface area contributed by atoms with Crippen LogP contribution in [0.1, 0.15) is 24.9 Å². The summed E-state index contributed by atoms with van der Waals surface area (Å²) < 4.78 is 31.8. The molecule has 5 nitrogen and oxygen atoms in total. The van der Waals surface area contributed by atoms with Crippen LogP contribution in [-0.2, 0) is 14.3 Å². The van der Waals surface area contributed by atoms with Gasteiger partial charge in [0.15, 0.2) is 6.10 Å². The fourth-order valence-corrected chi connectivity index (χ4v) is 2.47. The Hall–Kier alpha value is -2.02. The molecule has 2 unspecified atom stereocenters. The van der Waals surface area contributed by atoms with Gasteiger partial charge in [0.25, 0.3) is 0 Å². The summed E-state index contributed by atoms with van der Waals surface area (Å²) in [6, 6.07) is 1.69. The van der Waals surface area contributed by atoms with E-state index < -0.39 is 35.7 Å². The zero-order valence-electron chi connectivity index (χ0n) is 11.4. The average Bonchev–Trinajstić information content (AvgIpc) is 2.39. The Labute approximate surface area is 120 Å². The topological polar surface area (TPSA) is 66.8 Å². The first-order valence-corrected chi connectivity index (χ1v) is 6.54.